The Labute approximate surface area is 219 Å². The Balaban J connectivity index is 1.91. The summed E-state index contributed by atoms with van der Waals surface area (Å²) in [5.41, 5.74) is -1.88. The molecule has 2 amide bonds. The van der Waals surface area contributed by atoms with E-state index in [4.69, 9.17) is 16.3 Å². The van der Waals surface area contributed by atoms with Crippen molar-refractivity contribution in [3.63, 3.8) is 0 Å². The number of thioether (sulfide) groups is 1. The summed E-state index contributed by atoms with van der Waals surface area (Å²) in [6, 6.07) is 5.54. The molecule has 1 N–H and O–H groups in total. The highest BCUT2D eigenvalue weighted by Gasteiger charge is 2.42. The summed E-state index contributed by atoms with van der Waals surface area (Å²) in [6.45, 7) is 1.96. The van der Waals surface area contributed by atoms with Gasteiger partial charge in [-0.2, -0.15) is 43.2 Å². The quantitative estimate of drug-likeness (QED) is 0.274. The number of nitrogens with zero attached hydrogens (tertiary/aromatic N) is 2. The molecule has 1 heterocycles. The van der Waals surface area contributed by atoms with Gasteiger partial charge < -0.3 is 10.1 Å². The van der Waals surface area contributed by atoms with Gasteiger partial charge in [0.05, 0.1) is 35.5 Å². The van der Waals surface area contributed by atoms with Crippen LogP contribution < -0.4 is 10.1 Å². The molecule has 1 atom stereocenters. The van der Waals surface area contributed by atoms with E-state index >= 15 is 0 Å². The molecule has 0 spiro atoms. The second-order valence-electron chi connectivity index (χ2n) is 8.70. The topological polar surface area (TPSA) is 53.9 Å². The van der Waals surface area contributed by atoms with E-state index in [-0.39, 0.29) is 12.2 Å². The lowest BCUT2D eigenvalue weighted by Gasteiger charge is -2.26. The third kappa shape index (κ3) is 6.64. The van der Waals surface area contributed by atoms with Crippen molar-refractivity contribution in [1.82, 2.24) is 5.01 Å². The molecule has 202 valence electrons. The van der Waals surface area contributed by atoms with Crippen LogP contribution in [0.4, 0.5) is 36.8 Å². The molecule has 3 rings (SSSR count). The molecule has 0 aliphatic carbocycles. The molecule has 0 bridgehead atoms. The minimum absolute atomic E-state index is 0.0557. The first-order valence-electron chi connectivity index (χ1n) is 11.0. The zero-order valence-electron chi connectivity index (χ0n) is 20.1. The average molecular weight is 568 g/mol. The number of ether oxygens (including phenoxy) is 1. The van der Waals surface area contributed by atoms with Gasteiger partial charge in [0.25, 0.3) is 0 Å². The van der Waals surface area contributed by atoms with Crippen LogP contribution in [0.3, 0.4) is 0 Å². The van der Waals surface area contributed by atoms with Crippen LogP contribution in [-0.4, -0.2) is 42.4 Å². The Hall–Kier alpha value is -2.60. The number of nitrogens with one attached hydrogen (secondary N) is 1. The smallest absolute Gasteiger partial charge is 0.419 e. The van der Waals surface area contributed by atoms with Gasteiger partial charge in [-0.1, -0.05) is 24.6 Å². The summed E-state index contributed by atoms with van der Waals surface area (Å²) in [6.07, 6.45) is -5.97. The fourth-order valence-electron chi connectivity index (χ4n) is 4.09. The summed E-state index contributed by atoms with van der Waals surface area (Å²) in [5, 5.41) is 7.54. The van der Waals surface area contributed by atoms with Crippen molar-refractivity contribution in [2.24, 2.45) is 10.5 Å². The van der Waals surface area contributed by atoms with Crippen LogP contribution in [-0.2, 0) is 12.4 Å². The Morgan fingerprint density at radius 3 is 2.35 bits per heavy atom. The average Bonchev–Trinajstić information content (AvgIpc) is 3.15. The van der Waals surface area contributed by atoms with E-state index in [1.807, 2.05) is 13.2 Å². The zero-order valence-corrected chi connectivity index (χ0v) is 21.6. The van der Waals surface area contributed by atoms with Gasteiger partial charge in [-0.25, -0.2) is 9.80 Å². The molecule has 2 aromatic rings. The SMILES string of the molecule is COc1cc(NC(=O)N2CC(C)(CCCSC)C(c3ccc(C(F)(F)F)c(Cl)c3)=N2)ccc1C(F)(F)F. The first-order chi connectivity index (χ1) is 17.2. The van der Waals surface area contributed by atoms with E-state index in [0.717, 1.165) is 48.6 Å². The second-order valence-corrected chi connectivity index (χ2v) is 10.1. The molecule has 5 nitrogen and oxygen atoms in total. The number of rotatable bonds is 7. The minimum atomic E-state index is -4.64. The molecule has 0 radical (unpaired) electrons. The van der Waals surface area contributed by atoms with E-state index in [2.05, 4.69) is 10.4 Å². The van der Waals surface area contributed by atoms with E-state index < -0.39 is 45.7 Å². The molecular formula is C24H24ClF6N3O2S. The van der Waals surface area contributed by atoms with Crippen LogP contribution in [0.1, 0.15) is 36.5 Å². The largest absolute Gasteiger partial charge is 0.496 e. The molecule has 0 saturated heterocycles. The summed E-state index contributed by atoms with van der Waals surface area (Å²) in [7, 11) is 1.09. The van der Waals surface area contributed by atoms with Gasteiger partial charge in [0.2, 0.25) is 0 Å². The van der Waals surface area contributed by atoms with E-state index in [1.165, 1.54) is 12.1 Å². The number of hydrogen-bond acceptors (Lipinski definition) is 4. The van der Waals surface area contributed by atoms with Crippen molar-refractivity contribution in [2.45, 2.75) is 32.1 Å². The predicted molar refractivity (Wildman–Crippen MR) is 132 cm³/mol. The number of benzene rings is 2. The van der Waals surface area contributed by atoms with Crippen molar-refractivity contribution in [1.29, 1.82) is 0 Å². The second kappa shape index (κ2) is 11.0. The molecule has 0 fully saturated rings. The standard InChI is InChI=1S/C24H24ClF6N3O2S/c1-22(9-4-10-37-3)13-34(33-20(22)14-5-7-16(18(25)11-14)23(26,27)28)21(35)32-15-6-8-17(24(29,30)31)19(12-15)36-2/h5-8,11-12H,4,9-10,13H2,1-3H3,(H,32,35). The van der Waals surface area contributed by atoms with Crippen LogP contribution in [0.5, 0.6) is 5.75 Å². The molecule has 1 unspecified atom stereocenters. The molecule has 13 heteroatoms. The Bertz CT molecular complexity index is 1190. The molecule has 37 heavy (non-hydrogen) atoms. The van der Waals surface area contributed by atoms with Crippen molar-refractivity contribution in [2.75, 3.05) is 31.0 Å². The Kier molecular flexibility index (Phi) is 8.63. The summed E-state index contributed by atoms with van der Waals surface area (Å²) >= 11 is 7.56. The van der Waals surface area contributed by atoms with E-state index in [9.17, 15) is 31.1 Å². The van der Waals surface area contributed by atoms with Crippen LogP contribution in [0.2, 0.25) is 5.02 Å². The predicted octanol–water partition coefficient (Wildman–Crippen LogP) is 7.79. The summed E-state index contributed by atoms with van der Waals surface area (Å²) < 4.78 is 83.8. The maximum Gasteiger partial charge on any atom is 0.419 e. The van der Waals surface area contributed by atoms with Crippen molar-refractivity contribution < 1.29 is 35.9 Å². The lowest BCUT2D eigenvalue weighted by atomic mass is 9.78. The normalized spacial score (nSPS) is 18.1. The minimum Gasteiger partial charge on any atom is -0.496 e. The lowest BCUT2D eigenvalue weighted by molar-refractivity contribution is -0.139. The van der Waals surface area contributed by atoms with Crippen LogP contribution in [0.25, 0.3) is 0 Å². The maximum absolute atomic E-state index is 13.2. The van der Waals surface area contributed by atoms with Gasteiger partial charge >= 0.3 is 18.4 Å². The number of carbonyl (C=O) groups is 1. The number of carbonyl (C=O) groups excluding carboxylic acids is 1. The van der Waals surface area contributed by atoms with Gasteiger partial charge in [0.1, 0.15) is 5.75 Å². The first-order valence-corrected chi connectivity index (χ1v) is 12.8. The molecule has 0 saturated carbocycles. The number of alkyl halides is 6. The molecule has 1 aliphatic heterocycles. The van der Waals surface area contributed by atoms with Crippen molar-refractivity contribution >= 4 is 40.8 Å². The van der Waals surface area contributed by atoms with Crippen molar-refractivity contribution in [3.8, 4) is 5.75 Å². The summed E-state index contributed by atoms with van der Waals surface area (Å²) in [5.74, 6) is 0.367. The third-order valence-electron chi connectivity index (χ3n) is 5.91. The molecule has 0 aromatic heterocycles. The highest BCUT2D eigenvalue weighted by Crippen LogP contribution is 2.40. The third-order valence-corrected chi connectivity index (χ3v) is 6.92. The van der Waals surface area contributed by atoms with Crippen LogP contribution >= 0.6 is 23.4 Å². The number of halogens is 7. The van der Waals surface area contributed by atoms with Gasteiger partial charge in [-0.05, 0) is 54.7 Å². The molecular weight excluding hydrogens is 544 g/mol. The Morgan fingerprint density at radius 2 is 1.78 bits per heavy atom. The van der Waals surface area contributed by atoms with Crippen LogP contribution in [0.15, 0.2) is 41.5 Å². The number of anilines is 1. The number of amides is 2. The first kappa shape index (κ1) is 29.0. The number of hydrogen-bond donors (Lipinski definition) is 1. The Morgan fingerprint density at radius 1 is 1.14 bits per heavy atom. The van der Waals surface area contributed by atoms with E-state index in [1.54, 1.807) is 11.8 Å². The van der Waals surface area contributed by atoms with Gasteiger partial charge in [0.15, 0.2) is 0 Å². The van der Waals surface area contributed by atoms with Gasteiger partial charge in [-0.3, -0.25) is 0 Å². The highest BCUT2D eigenvalue weighted by atomic mass is 35.5. The molecule has 2 aromatic carbocycles. The zero-order chi connectivity index (χ0) is 27.6. The molecule has 1 aliphatic rings. The van der Waals surface area contributed by atoms with Gasteiger partial charge in [0, 0.05) is 17.2 Å². The number of methoxy groups -OCH3 is 1. The van der Waals surface area contributed by atoms with Crippen LogP contribution in [0, 0.1) is 5.41 Å². The lowest BCUT2D eigenvalue weighted by Crippen LogP contribution is -2.36. The maximum atomic E-state index is 13.2. The highest BCUT2D eigenvalue weighted by molar-refractivity contribution is 7.98. The van der Waals surface area contributed by atoms with Gasteiger partial charge in [-0.15, -0.1) is 0 Å². The number of urea groups is 1. The number of hydrazone groups is 1. The summed E-state index contributed by atoms with van der Waals surface area (Å²) in [4.78, 5) is 13.0. The fourth-order valence-corrected chi connectivity index (χ4v) is 4.81. The monoisotopic (exact) mass is 567 g/mol. The van der Waals surface area contributed by atoms with Crippen molar-refractivity contribution in [3.05, 3.63) is 58.1 Å². The fraction of sp³-hybridized carbons (Fsp3) is 0.417. The van der Waals surface area contributed by atoms with E-state index in [0.29, 0.717) is 17.7 Å².